The van der Waals surface area contributed by atoms with Crippen molar-refractivity contribution in [2.24, 2.45) is 0 Å². The molecule has 0 aliphatic rings. The Bertz CT molecular complexity index is 853. The van der Waals surface area contributed by atoms with Crippen molar-refractivity contribution in [1.82, 2.24) is 15.2 Å². The fraction of sp³-hybridized carbons (Fsp3) is 0.250. The summed E-state index contributed by atoms with van der Waals surface area (Å²) < 4.78 is 26.7. The van der Waals surface area contributed by atoms with Crippen molar-refractivity contribution in [1.29, 1.82) is 0 Å². The highest BCUT2D eigenvalue weighted by Crippen LogP contribution is 2.24. The lowest BCUT2D eigenvalue weighted by molar-refractivity contribution is 0.0804. The standard InChI is InChI=1S/C16H20N4O4S/c1-11(2)19-24-16(21)20-25(22,23)15-10-17-8-7-14(15)18-13-6-4-5-12(3)9-13/h4-11,19H,1-3H3,(H,17,18)(H,20,21). The molecule has 1 heterocycles. The number of rotatable bonds is 6. The van der Waals surface area contributed by atoms with Gasteiger partial charge in [0.1, 0.15) is 4.90 Å². The molecular weight excluding hydrogens is 344 g/mol. The Labute approximate surface area is 146 Å². The Morgan fingerprint density at radius 1 is 1.24 bits per heavy atom. The average molecular weight is 364 g/mol. The fourth-order valence-electron chi connectivity index (χ4n) is 1.93. The summed E-state index contributed by atoms with van der Waals surface area (Å²) in [4.78, 5) is 19.9. The molecule has 0 radical (unpaired) electrons. The smallest absolute Gasteiger partial charge is 0.354 e. The number of hydrogen-bond donors (Lipinski definition) is 3. The van der Waals surface area contributed by atoms with Gasteiger partial charge in [0.05, 0.1) is 5.69 Å². The van der Waals surface area contributed by atoms with Gasteiger partial charge in [0.2, 0.25) is 0 Å². The molecule has 2 aromatic rings. The van der Waals surface area contributed by atoms with Crippen molar-refractivity contribution in [3.8, 4) is 0 Å². The second-order valence-corrected chi connectivity index (χ2v) is 7.28. The largest absolute Gasteiger partial charge is 0.440 e. The minimum atomic E-state index is -4.16. The van der Waals surface area contributed by atoms with Crippen molar-refractivity contribution in [3.05, 3.63) is 48.3 Å². The summed E-state index contributed by atoms with van der Waals surface area (Å²) in [5, 5.41) is 3.02. The molecule has 1 aromatic carbocycles. The van der Waals surface area contributed by atoms with E-state index in [2.05, 4.69) is 20.6 Å². The van der Waals surface area contributed by atoms with Gasteiger partial charge in [0.25, 0.3) is 10.0 Å². The molecule has 0 atom stereocenters. The van der Waals surface area contributed by atoms with Gasteiger partial charge in [-0.05, 0) is 44.5 Å². The zero-order valence-electron chi connectivity index (χ0n) is 14.1. The molecule has 1 amide bonds. The zero-order valence-corrected chi connectivity index (χ0v) is 14.9. The van der Waals surface area contributed by atoms with E-state index in [0.717, 1.165) is 11.8 Å². The number of anilines is 2. The Kier molecular flexibility index (Phi) is 5.94. The number of aryl methyl sites for hydroxylation is 1. The molecule has 0 bridgehead atoms. The normalized spacial score (nSPS) is 11.2. The molecule has 25 heavy (non-hydrogen) atoms. The molecule has 0 aliphatic heterocycles. The van der Waals surface area contributed by atoms with Crippen molar-refractivity contribution in [2.75, 3.05) is 5.32 Å². The molecule has 0 spiro atoms. The Balaban J connectivity index is 2.22. The van der Waals surface area contributed by atoms with Gasteiger partial charge in [-0.25, -0.2) is 17.9 Å². The van der Waals surface area contributed by atoms with E-state index in [4.69, 9.17) is 0 Å². The lowest BCUT2D eigenvalue weighted by Gasteiger charge is -2.13. The van der Waals surface area contributed by atoms with Crippen LogP contribution in [0.3, 0.4) is 0 Å². The minimum Gasteiger partial charge on any atom is -0.354 e. The van der Waals surface area contributed by atoms with Crippen LogP contribution >= 0.6 is 0 Å². The van der Waals surface area contributed by atoms with Crippen molar-refractivity contribution >= 4 is 27.5 Å². The first-order valence-electron chi connectivity index (χ1n) is 7.55. The lowest BCUT2D eigenvalue weighted by atomic mass is 10.2. The molecule has 9 heteroatoms. The van der Waals surface area contributed by atoms with Crippen LogP contribution in [0.25, 0.3) is 0 Å². The maximum Gasteiger partial charge on any atom is 0.440 e. The summed E-state index contributed by atoms with van der Waals surface area (Å²) >= 11 is 0. The summed E-state index contributed by atoms with van der Waals surface area (Å²) in [5.74, 6) is 0. The quantitative estimate of drug-likeness (QED) is 0.675. The number of carbonyl (C=O) groups is 1. The van der Waals surface area contributed by atoms with E-state index in [0.29, 0.717) is 5.69 Å². The van der Waals surface area contributed by atoms with Crippen LogP contribution in [-0.4, -0.2) is 25.5 Å². The lowest BCUT2D eigenvalue weighted by Crippen LogP contribution is -2.37. The number of amides is 1. The Morgan fingerprint density at radius 2 is 2.00 bits per heavy atom. The van der Waals surface area contributed by atoms with Crippen LogP contribution in [0.2, 0.25) is 0 Å². The third kappa shape index (κ3) is 5.44. The molecule has 8 nitrogen and oxygen atoms in total. The molecule has 2 rings (SSSR count). The Morgan fingerprint density at radius 3 is 2.68 bits per heavy atom. The van der Waals surface area contributed by atoms with Gasteiger partial charge in [-0.2, -0.15) is 0 Å². The van der Waals surface area contributed by atoms with Gasteiger partial charge in [0, 0.05) is 24.1 Å². The highest BCUT2D eigenvalue weighted by molar-refractivity contribution is 7.90. The average Bonchev–Trinajstić information content (AvgIpc) is 2.53. The molecule has 0 saturated heterocycles. The monoisotopic (exact) mass is 364 g/mol. The van der Waals surface area contributed by atoms with Crippen LogP contribution in [-0.2, 0) is 14.9 Å². The molecule has 0 unspecified atom stereocenters. The number of hydrogen-bond acceptors (Lipinski definition) is 7. The minimum absolute atomic E-state index is 0.148. The Hall–Kier alpha value is -2.65. The van der Waals surface area contributed by atoms with Crippen LogP contribution in [0, 0.1) is 6.92 Å². The SMILES string of the molecule is Cc1cccc(Nc2ccncc2S(=O)(=O)NC(=O)ONC(C)C)c1. The molecule has 3 N–H and O–H groups in total. The fourth-order valence-corrected chi connectivity index (χ4v) is 2.91. The third-order valence-corrected chi connectivity index (χ3v) is 4.32. The van der Waals surface area contributed by atoms with E-state index in [1.807, 2.05) is 29.8 Å². The van der Waals surface area contributed by atoms with Gasteiger partial charge in [-0.1, -0.05) is 12.1 Å². The van der Waals surface area contributed by atoms with Crippen LogP contribution in [0.5, 0.6) is 0 Å². The van der Waals surface area contributed by atoms with Gasteiger partial charge in [-0.3, -0.25) is 4.98 Å². The number of pyridine rings is 1. The summed E-state index contributed by atoms with van der Waals surface area (Å²) in [6, 6.07) is 8.80. The zero-order chi connectivity index (χ0) is 18.4. The van der Waals surface area contributed by atoms with Gasteiger partial charge < -0.3 is 10.2 Å². The number of aromatic nitrogens is 1. The molecule has 1 aromatic heterocycles. The van der Waals surface area contributed by atoms with Crippen LogP contribution in [0.1, 0.15) is 19.4 Å². The maximum atomic E-state index is 12.4. The summed E-state index contributed by atoms with van der Waals surface area (Å²) in [6.45, 7) is 5.41. The van der Waals surface area contributed by atoms with E-state index < -0.39 is 16.1 Å². The molecule has 0 fully saturated rings. The van der Waals surface area contributed by atoms with Crippen molar-refractivity contribution in [3.63, 3.8) is 0 Å². The van der Waals surface area contributed by atoms with E-state index in [1.165, 1.54) is 12.3 Å². The highest BCUT2D eigenvalue weighted by Gasteiger charge is 2.23. The third-order valence-electron chi connectivity index (χ3n) is 2.98. The molecular formula is C16H20N4O4S. The highest BCUT2D eigenvalue weighted by atomic mass is 32.2. The molecule has 0 saturated carbocycles. The van der Waals surface area contributed by atoms with E-state index >= 15 is 0 Å². The summed E-state index contributed by atoms with van der Waals surface area (Å²) in [6.07, 6.45) is 1.48. The maximum absolute atomic E-state index is 12.4. The van der Waals surface area contributed by atoms with Crippen LogP contribution < -0.4 is 15.5 Å². The van der Waals surface area contributed by atoms with Crippen molar-refractivity contribution in [2.45, 2.75) is 31.7 Å². The van der Waals surface area contributed by atoms with Gasteiger partial charge in [-0.15, -0.1) is 5.48 Å². The number of benzene rings is 1. The summed E-state index contributed by atoms with van der Waals surface area (Å²) in [7, 11) is -4.16. The predicted octanol–water partition coefficient (Wildman–Crippen LogP) is 2.46. The molecule has 0 aliphatic carbocycles. The van der Waals surface area contributed by atoms with E-state index in [-0.39, 0.29) is 16.6 Å². The number of nitrogens with zero attached hydrogens (tertiary/aromatic N) is 1. The number of sulfonamides is 1. The number of nitrogens with one attached hydrogen (secondary N) is 3. The van der Waals surface area contributed by atoms with Gasteiger partial charge in [0.15, 0.2) is 0 Å². The summed E-state index contributed by atoms with van der Waals surface area (Å²) in [5.41, 5.74) is 4.39. The number of hydroxylamine groups is 1. The first-order valence-corrected chi connectivity index (χ1v) is 9.03. The van der Waals surface area contributed by atoms with Gasteiger partial charge >= 0.3 is 6.09 Å². The van der Waals surface area contributed by atoms with E-state index in [1.54, 1.807) is 19.9 Å². The van der Waals surface area contributed by atoms with Crippen molar-refractivity contribution < 1.29 is 18.0 Å². The first kappa shape index (κ1) is 18.7. The topological polar surface area (TPSA) is 109 Å². The van der Waals surface area contributed by atoms with Crippen LogP contribution in [0.4, 0.5) is 16.2 Å². The van der Waals surface area contributed by atoms with Crippen LogP contribution in [0.15, 0.2) is 47.6 Å². The molecule has 134 valence electrons. The van der Waals surface area contributed by atoms with E-state index in [9.17, 15) is 13.2 Å². The second kappa shape index (κ2) is 7.95. The second-order valence-electron chi connectivity index (χ2n) is 5.63. The first-order chi connectivity index (χ1) is 11.8. The predicted molar refractivity (Wildman–Crippen MR) is 93.8 cm³/mol. The number of carbonyl (C=O) groups excluding carboxylic acids is 1.